The number of imidazole rings is 1. The third-order valence-electron chi connectivity index (χ3n) is 2.84. The number of nitro benzene ring substituents is 1. The molecule has 0 atom stereocenters. The summed E-state index contributed by atoms with van der Waals surface area (Å²) in [5.41, 5.74) is 0.0784. The smallest absolute Gasteiger partial charge is 0.287 e. The maximum atomic E-state index is 11.9. The van der Waals surface area contributed by atoms with E-state index in [0.717, 1.165) is 18.7 Å². The van der Waals surface area contributed by atoms with Crippen LogP contribution < -0.4 is 5.32 Å². The molecule has 21 heavy (non-hydrogen) atoms. The molecule has 0 saturated heterocycles. The van der Waals surface area contributed by atoms with Gasteiger partial charge in [-0.2, -0.15) is 0 Å². The first-order valence-corrected chi connectivity index (χ1v) is 6.66. The van der Waals surface area contributed by atoms with Crippen molar-refractivity contribution in [1.29, 1.82) is 0 Å². The summed E-state index contributed by atoms with van der Waals surface area (Å²) in [4.78, 5) is 29.0. The molecule has 2 rings (SSSR count). The number of halogens is 1. The third-order valence-corrected chi connectivity index (χ3v) is 3.14. The summed E-state index contributed by atoms with van der Waals surface area (Å²) < 4.78 is 0. The van der Waals surface area contributed by atoms with Crippen molar-refractivity contribution in [3.63, 3.8) is 0 Å². The van der Waals surface area contributed by atoms with E-state index in [0.29, 0.717) is 12.1 Å². The van der Waals surface area contributed by atoms with Gasteiger partial charge in [-0.15, -0.1) is 0 Å². The number of nitrogens with zero attached hydrogens (tertiary/aromatic N) is 2. The number of carbonyl (C=O) groups excluding carboxylic acids is 1. The number of hydrogen-bond acceptors (Lipinski definition) is 4. The number of aryl methyl sites for hydroxylation is 1. The van der Waals surface area contributed by atoms with Gasteiger partial charge in [0.05, 0.1) is 4.92 Å². The molecule has 7 nitrogen and oxygen atoms in total. The van der Waals surface area contributed by atoms with Gasteiger partial charge in [-0.1, -0.05) is 11.6 Å². The normalized spacial score (nSPS) is 10.3. The number of benzene rings is 1. The molecule has 0 aliphatic carbocycles. The van der Waals surface area contributed by atoms with Crippen LogP contribution >= 0.6 is 11.6 Å². The Bertz CT molecular complexity index is 643. The standard InChI is InChI=1S/C13H13ClN4O3/c14-10-8-9(3-4-11(10)18(20)21)13(19)17-5-1-2-12-15-6-7-16-12/h3-4,6-8H,1-2,5H2,(H,15,16)(H,17,19). The monoisotopic (exact) mass is 308 g/mol. The molecule has 0 fully saturated rings. The van der Waals surface area contributed by atoms with E-state index in [1.54, 1.807) is 12.4 Å². The van der Waals surface area contributed by atoms with Crippen LogP contribution in [0.1, 0.15) is 22.6 Å². The van der Waals surface area contributed by atoms with Gasteiger partial charge in [-0.05, 0) is 18.6 Å². The maximum Gasteiger partial charge on any atom is 0.287 e. The fraction of sp³-hybridized carbons (Fsp3) is 0.231. The zero-order valence-electron chi connectivity index (χ0n) is 11.0. The molecule has 1 heterocycles. The molecule has 110 valence electrons. The van der Waals surface area contributed by atoms with Crippen LogP contribution in [0.15, 0.2) is 30.6 Å². The molecule has 0 unspecified atom stereocenters. The van der Waals surface area contributed by atoms with Crippen molar-refractivity contribution in [3.05, 3.63) is 57.1 Å². The average Bonchev–Trinajstić information content (AvgIpc) is 2.96. The fourth-order valence-corrected chi connectivity index (χ4v) is 2.04. The van der Waals surface area contributed by atoms with Crippen LogP contribution in [0.3, 0.4) is 0 Å². The molecule has 8 heteroatoms. The second-order valence-corrected chi connectivity index (χ2v) is 4.73. The summed E-state index contributed by atoms with van der Waals surface area (Å²) in [5.74, 6) is 0.550. The minimum atomic E-state index is -0.590. The highest BCUT2D eigenvalue weighted by Crippen LogP contribution is 2.24. The first kappa shape index (κ1) is 15.0. The molecule has 0 aliphatic heterocycles. The van der Waals surface area contributed by atoms with Crippen LogP contribution in [0.25, 0.3) is 0 Å². The second kappa shape index (κ2) is 6.85. The Morgan fingerprint density at radius 2 is 2.29 bits per heavy atom. The van der Waals surface area contributed by atoms with Gasteiger partial charge in [0.15, 0.2) is 0 Å². The third kappa shape index (κ3) is 4.03. The minimum Gasteiger partial charge on any atom is -0.352 e. The highest BCUT2D eigenvalue weighted by molar-refractivity contribution is 6.33. The molecule has 0 aliphatic rings. The summed E-state index contributed by atoms with van der Waals surface area (Å²) in [6.07, 6.45) is 4.88. The Hall–Kier alpha value is -2.41. The highest BCUT2D eigenvalue weighted by atomic mass is 35.5. The fourth-order valence-electron chi connectivity index (χ4n) is 1.79. The van der Waals surface area contributed by atoms with E-state index in [1.807, 2.05) is 0 Å². The van der Waals surface area contributed by atoms with Crippen molar-refractivity contribution < 1.29 is 9.72 Å². The molecular formula is C13H13ClN4O3. The van der Waals surface area contributed by atoms with Crippen molar-refractivity contribution in [2.45, 2.75) is 12.8 Å². The van der Waals surface area contributed by atoms with Crippen molar-refractivity contribution >= 4 is 23.2 Å². The predicted octanol–water partition coefficient (Wildman–Crippen LogP) is 2.33. The number of aromatic nitrogens is 2. The van der Waals surface area contributed by atoms with Crippen molar-refractivity contribution in [2.24, 2.45) is 0 Å². The zero-order valence-corrected chi connectivity index (χ0v) is 11.8. The number of nitrogens with one attached hydrogen (secondary N) is 2. The maximum absolute atomic E-state index is 11.9. The van der Waals surface area contributed by atoms with Crippen molar-refractivity contribution in [1.82, 2.24) is 15.3 Å². The SMILES string of the molecule is O=C(NCCCc1ncc[nH]1)c1ccc([N+](=O)[O-])c(Cl)c1. The molecule has 2 N–H and O–H groups in total. The summed E-state index contributed by atoms with van der Waals surface area (Å²) in [6, 6.07) is 3.90. The van der Waals surface area contributed by atoms with Crippen LogP contribution in [0, 0.1) is 10.1 Å². The van der Waals surface area contributed by atoms with E-state index in [2.05, 4.69) is 15.3 Å². The van der Waals surface area contributed by atoms with Crippen LogP contribution in [-0.2, 0) is 6.42 Å². The Balaban J connectivity index is 1.85. The van der Waals surface area contributed by atoms with Gasteiger partial charge in [0.25, 0.3) is 11.6 Å². The quantitative estimate of drug-likeness (QED) is 0.486. The van der Waals surface area contributed by atoms with E-state index >= 15 is 0 Å². The summed E-state index contributed by atoms with van der Waals surface area (Å²) in [5, 5.41) is 13.3. The second-order valence-electron chi connectivity index (χ2n) is 4.32. The van der Waals surface area contributed by atoms with Gasteiger partial charge >= 0.3 is 0 Å². The molecular weight excluding hydrogens is 296 g/mol. The lowest BCUT2D eigenvalue weighted by Crippen LogP contribution is -2.24. The van der Waals surface area contributed by atoms with Crippen molar-refractivity contribution in [3.8, 4) is 0 Å². The number of rotatable bonds is 6. The number of nitro groups is 1. The van der Waals surface area contributed by atoms with Gasteiger partial charge in [-0.3, -0.25) is 14.9 Å². The van der Waals surface area contributed by atoms with Crippen molar-refractivity contribution in [2.75, 3.05) is 6.54 Å². The van der Waals surface area contributed by atoms with Crippen LogP contribution in [0.4, 0.5) is 5.69 Å². The summed E-state index contributed by atoms with van der Waals surface area (Å²) in [7, 11) is 0. The van der Waals surface area contributed by atoms with E-state index < -0.39 is 4.92 Å². The van der Waals surface area contributed by atoms with Crippen LogP contribution in [-0.4, -0.2) is 27.3 Å². The lowest BCUT2D eigenvalue weighted by molar-refractivity contribution is -0.384. The van der Waals surface area contributed by atoms with E-state index in [-0.39, 0.29) is 16.6 Å². The zero-order chi connectivity index (χ0) is 15.2. The minimum absolute atomic E-state index is 0.0526. The van der Waals surface area contributed by atoms with Gasteiger partial charge in [0.2, 0.25) is 0 Å². The Kier molecular flexibility index (Phi) is 4.89. The molecule has 0 spiro atoms. The summed E-state index contributed by atoms with van der Waals surface area (Å²) >= 11 is 5.76. The topological polar surface area (TPSA) is 101 Å². The predicted molar refractivity (Wildman–Crippen MR) is 77.3 cm³/mol. The Morgan fingerprint density at radius 1 is 1.48 bits per heavy atom. The Morgan fingerprint density at radius 3 is 2.90 bits per heavy atom. The van der Waals surface area contributed by atoms with E-state index in [4.69, 9.17) is 11.6 Å². The molecule has 1 aromatic heterocycles. The number of aromatic amines is 1. The highest BCUT2D eigenvalue weighted by Gasteiger charge is 2.14. The van der Waals surface area contributed by atoms with Crippen LogP contribution in [0.5, 0.6) is 0 Å². The molecule has 1 amide bonds. The van der Waals surface area contributed by atoms with Gasteiger partial charge in [0, 0.05) is 37.0 Å². The van der Waals surface area contributed by atoms with Gasteiger partial charge in [0.1, 0.15) is 10.8 Å². The molecule has 1 aromatic carbocycles. The van der Waals surface area contributed by atoms with E-state index in [1.165, 1.54) is 18.2 Å². The summed E-state index contributed by atoms with van der Waals surface area (Å²) in [6.45, 7) is 0.480. The lowest BCUT2D eigenvalue weighted by atomic mass is 10.2. The molecule has 0 bridgehead atoms. The van der Waals surface area contributed by atoms with E-state index in [9.17, 15) is 14.9 Å². The number of amides is 1. The number of H-pyrrole nitrogens is 1. The number of carbonyl (C=O) groups is 1. The largest absolute Gasteiger partial charge is 0.352 e. The average molecular weight is 309 g/mol. The lowest BCUT2D eigenvalue weighted by Gasteiger charge is -2.05. The Labute approximate surface area is 125 Å². The van der Waals surface area contributed by atoms with Gasteiger partial charge in [-0.25, -0.2) is 4.98 Å². The first-order chi connectivity index (χ1) is 10.1. The molecule has 0 saturated carbocycles. The molecule has 2 aromatic rings. The van der Waals surface area contributed by atoms with Crippen LogP contribution in [0.2, 0.25) is 5.02 Å². The first-order valence-electron chi connectivity index (χ1n) is 6.28. The van der Waals surface area contributed by atoms with Gasteiger partial charge < -0.3 is 10.3 Å². The number of hydrogen-bond donors (Lipinski definition) is 2. The molecule has 0 radical (unpaired) electrons.